The number of likely N-dealkylation sites (tertiary alicyclic amines) is 1. The fourth-order valence-electron chi connectivity index (χ4n) is 4.08. The van der Waals surface area contributed by atoms with Crippen molar-refractivity contribution < 1.29 is 9.53 Å². The first kappa shape index (κ1) is 20.6. The van der Waals surface area contributed by atoms with Gasteiger partial charge in [0.25, 0.3) is 0 Å². The molecule has 1 aliphatic heterocycles. The summed E-state index contributed by atoms with van der Waals surface area (Å²) >= 11 is 0. The number of nitrogens with one attached hydrogen (secondary N) is 1. The molecule has 1 saturated heterocycles. The standard InChI is InChI=1S/C22H33N3O3/c1-28-21-16-25(17-22(27)23-11-10-18-8-4-2-5-9-18)19(14-20(21)26)15-24-12-6-3-7-13-24/h8,14,16H,2-7,9-13,15,17H2,1H3,(H,23,27). The van der Waals surface area contributed by atoms with Gasteiger partial charge < -0.3 is 14.6 Å². The van der Waals surface area contributed by atoms with Crippen molar-refractivity contribution in [3.05, 3.63) is 39.8 Å². The van der Waals surface area contributed by atoms with E-state index in [-0.39, 0.29) is 23.6 Å². The topological polar surface area (TPSA) is 63.6 Å². The van der Waals surface area contributed by atoms with E-state index in [1.807, 2.05) is 4.57 Å². The normalized spacial score (nSPS) is 17.8. The summed E-state index contributed by atoms with van der Waals surface area (Å²) in [6, 6.07) is 1.62. The van der Waals surface area contributed by atoms with E-state index in [9.17, 15) is 9.59 Å². The van der Waals surface area contributed by atoms with E-state index in [0.29, 0.717) is 13.1 Å². The Morgan fingerprint density at radius 1 is 1.18 bits per heavy atom. The van der Waals surface area contributed by atoms with Crippen LogP contribution in [0.3, 0.4) is 0 Å². The number of ether oxygens (including phenoxy) is 1. The average Bonchev–Trinajstić information content (AvgIpc) is 2.71. The Morgan fingerprint density at radius 2 is 2.00 bits per heavy atom. The summed E-state index contributed by atoms with van der Waals surface area (Å²) in [5, 5.41) is 3.03. The number of hydrogen-bond donors (Lipinski definition) is 1. The summed E-state index contributed by atoms with van der Waals surface area (Å²) in [4.78, 5) is 27.1. The molecule has 6 nitrogen and oxygen atoms in total. The summed E-state index contributed by atoms with van der Waals surface area (Å²) in [7, 11) is 1.49. The van der Waals surface area contributed by atoms with Crippen LogP contribution in [0, 0.1) is 0 Å². The molecule has 0 spiro atoms. The number of allylic oxidation sites excluding steroid dienone is 1. The molecule has 2 heterocycles. The van der Waals surface area contributed by atoms with E-state index in [2.05, 4.69) is 16.3 Å². The van der Waals surface area contributed by atoms with Crippen LogP contribution >= 0.6 is 0 Å². The van der Waals surface area contributed by atoms with Crippen molar-refractivity contribution in [1.29, 1.82) is 0 Å². The summed E-state index contributed by atoms with van der Waals surface area (Å²) < 4.78 is 7.05. The molecule has 0 unspecified atom stereocenters. The van der Waals surface area contributed by atoms with Crippen molar-refractivity contribution in [2.75, 3.05) is 26.7 Å². The first-order chi connectivity index (χ1) is 13.7. The van der Waals surface area contributed by atoms with Crippen LogP contribution in [0.2, 0.25) is 0 Å². The maximum Gasteiger partial charge on any atom is 0.239 e. The molecule has 0 radical (unpaired) electrons. The molecule has 0 aromatic carbocycles. The summed E-state index contributed by atoms with van der Waals surface area (Å²) in [5.74, 6) is 0.254. The molecule has 0 saturated carbocycles. The highest BCUT2D eigenvalue weighted by atomic mass is 16.5. The Morgan fingerprint density at radius 3 is 2.71 bits per heavy atom. The second kappa shape index (κ2) is 10.5. The van der Waals surface area contributed by atoms with Gasteiger partial charge in [0.2, 0.25) is 11.3 Å². The van der Waals surface area contributed by atoms with Gasteiger partial charge in [-0.15, -0.1) is 0 Å². The van der Waals surface area contributed by atoms with Crippen molar-refractivity contribution >= 4 is 5.91 Å². The number of rotatable bonds is 8. The number of aromatic nitrogens is 1. The molecule has 1 aromatic heterocycles. The molecule has 1 amide bonds. The second-order valence-electron chi connectivity index (χ2n) is 7.87. The molecule has 1 N–H and O–H groups in total. The maximum absolute atomic E-state index is 12.5. The molecule has 0 atom stereocenters. The fourth-order valence-corrected chi connectivity index (χ4v) is 4.08. The van der Waals surface area contributed by atoms with Gasteiger partial charge in [0.1, 0.15) is 6.54 Å². The summed E-state index contributed by atoms with van der Waals surface area (Å²) in [6.45, 7) is 3.66. The summed E-state index contributed by atoms with van der Waals surface area (Å²) in [6.07, 6.45) is 13.4. The number of hydrogen-bond acceptors (Lipinski definition) is 4. The molecule has 1 aliphatic carbocycles. The third kappa shape index (κ3) is 5.96. The van der Waals surface area contributed by atoms with Gasteiger partial charge in [-0.05, 0) is 58.0 Å². The minimum absolute atomic E-state index is 0.0259. The first-order valence-electron chi connectivity index (χ1n) is 10.6. The SMILES string of the molecule is COc1cn(CC(=O)NCCC2=CCCCC2)c(CN2CCCCC2)cc1=O. The van der Waals surface area contributed by atoms with Crippen LogP contribution < -0.4 is 15.5 Å². The molecule has 2 aliphatic rings. The van der Waals surface area contributed by atoms with Crippen molar-refractivity contribution in [2.24, 2.45) is 0 Å². The van der Waals surface area contributed by atoms with E-state index < -0.39 is 0 Å². The lowest BCUT2D eigenvalue weighted by Crippen LogP contribution is -2.33. The van der Waals surface area contributed by atoms with Crippen LogP contribution in [-0.2, 0) is 17.9 Å². The Kier molecular flexibility index (Phi) is 7.71. The van der Waals surface area contributed by atoms with Gasteiger partial charge in [-0.1, -0.05) is 18.1 Å². The molecule has 28 heavy (non-hydrogen) atoms. The maximum atomic E-state index is 12.5. The minimum Gasteiger partial charge on any atom is -0.491 e. The molecule has 154 valence electrons. The van der Waals surface area contributed by atoms with E-state index in [1.54, 1.807) is 12.3 Å². The predicted molar refractivity (Wildman–Crippen MR) is 111 cm³/mol. The van der Waals surface area contributed by atoms with Crippen molar-refractivity contribution in [2.45, 2.75) is 64.5 Å². The number of piperidine rings is 1. The highest BCUT2D eigenvalue weighted by Crippen LogP contribution is 2.19. The Bertz CT molecular complexity index is 748. The largest absolute Gasteiger partial charge is 0.491 e. The fraction of sp³-hybridized carbons (Fsp3) is 0.636. The minimum atomic E-state index is -0.129. The van der Waals surface area contributed by atoms with Gasteiger partial charge in [-0.25, -0.2) is 0 Å². The highest BCUT2D eigenvalue weighted by Gasteiger charge is 2.16. The van der Waals surface area contributed by atoms with Gasteiger partial charge >= 0.3 is 0 Å². The quantitative estimate of drug-likeness (QED) is 0.697. The van der Waals surface area contributed by atoms with Gasteiger partial charge in [0.15, 0.2) is 5.75 Å². The Labute approximate surface area is 167 Å². The molecule has 1 aromatic rings. The third-order valence-corrected chi connectivity index (χ3v) is 5.70. The third-order valence-electron chi connectivity index (χ3n) is 5.70. The van der Waals surface area contributed by atoms with Crippen LogP contribution in [0.5, 0.6) is 5.75 Å². The predicted octanol–water partition coefficient (Wildman–Crippen LogP) is 2.85. The van der Waals surface area contributed by atoms with Gasteiger partial charge in [-0.3, -0.25) is 14.5 Å². The van der Waals surface area contributed by atoms with Crippen LogP contribution in [-0.4, -0.2) is 42.1 Å². The molecule has 1 fully saturated rings. The zero-order valence-electron chi connectivity index (χ0n) is 17.0. The first-order valence-corrected chi connectivity index (χ1v) is 10.6. The molecule has 3 rings (SSSR count). The van der Waals surface area contributed by atoms with E-state index in [4.69, 9.17) is 4.74 Å². The second-order valence-corrected chi connectivity index (χ2v) is 7.87. The number of methoxy groups -OCH3 is 1. The molecule has 6 heteroatoms. The van der Waals surface area contributed by atoms with Crippen molar-refractivity contribution in [1.82, 2.24) is 14.8 Å². The lowest BCUT2D eigenvalue weighted by atomic mass is 9.97. The molecule has 0 bridgehead atoms. The lowest BCUT2D eigenvalue weighted by Gasteiger charge is -2.27. The smallest absolute Gasteiger partial charge is 0.239 e. The molecular formula is C22H33N3O3. The number of carbonyl (C=O) groups excluding carboxylic acids is 1. The van der Waals surface area contributed by atoms with Crippen LogP contribution in [0.4, 0.5) is 0 Å². The zero-order chi connectivity index (χ0) is 19.8. The van der Waals surface area contributed by atoms with E-state index in [0.717, 1.165) is 31.6 Å². The van der Waals surface area contributed by atoms with Gasteiger partial charge in [0.05, 0.1) is 13.3 Å². The number of nitrogens with zero attached hydrogens (tertiary/aromatic N) is 2. The van der Waals surface area contributed by atoms with Crippen LogP contribution in [0.1, 0.15) is 57.1 Å². The van der Waals surface area contributed by atoms with Crippen molar-refractivity contribution in [3.63, 3.8) is 0 Å². The number of carbonyl (C=O) groups is 1. The monoisotopic (exact) mass is 387 g/mol. The highest BCUT2D eigenvalue weighted by molar-refractivity contribution is 5.75. The molecular weight excluding hydrogens is 354 g/mol. The van der Waals surface area contributed by atoms with Gasteiger partial charge in [0, 0.05) is 24.8 Å². The Balaban J connectivity index is 1.62. The van der Waals surface area contributed by atoms with Crippen LogP contribution in [0.25, 0.3) is 0 Å². The van der Waals surface area contributed by atoms with Crippen molar-refractivity contribution in [3.8, 4) is 5.75 Å². The number of pyridine rings is 1. The zero-order valence-corrected chi connectivity index (χ0v) is 17.0. The van der Waals surface area contributed by atoms with Crippen LogP contribution in [0.15, 0.2) is 28.7 Å². The lowest BCUT2D eigenvalue weighted by molar-refractivity contribution is -0.121. The number of amides is 1. The van der Waals surface area contributed by atoms with E-state index >= 15 is 0 Å². The summed E-state index contributed by atoms with van der Waals surface area (Å²) in [5.41, 5.74) is 2.20. The average molecular weight is 388 g/mol. The Hall–Kier alpha value is -2.08. The van der Waals surface area contributed by atoms with E-state index in [1.165, 1.54) is 51.2 Å². The van der Waals surface area contributed by atoms with Gasteiger partial charge in [-0.2, -0.15) is 0 Å².